The van der Waals surface area contributed by atoms with E-state index in [0.717, 1.165) is 18.2 Å². The molecule has 2 N–H and O–H groups in total. The Balaban J connectivity index is 1.73. The van der Waals surface area contributed by atoms with Crippen LogP contribution in [0, 0.1) is 5.92 Å². The third kappa shape index (κ3) is 4.53. The highest BCUT2D eigenvalue weighted by Gasteiger charge is 2.15. The lowest BCUT2D eigenvalue weighted by Crippen LogP contribution is -2.37. The topological polar surface area (TPSA) is 52.9 Å². The van der Waals surface area contributed by atoms with Crippen LogP contribution in [-0.4, -0.2) is 48.3 Å². The molecule has 0 amide bonds. The third-order valence-corrected chi connectivity index (χ3v) is 3.60. The molecule has 1 aromatic rings. The van der Waals surface area contributed by atoms with Crippen LogP contribution in [0.5, 0.6) is 5.75 Å². The molecule has 1 aromatic carbocycles. The van der Waals surface area contributed by atoms with Crippen molar-refractivity contribution < 1.29 is 14.8 Å². The fourth-order valence-corrected chi connectivity index (χ4v) is 2.52. The zero-order chi connectivity index (χ0) is 13.7. The Morgan fingerprint density at radius 3 is 2.68 bits per heavy atom. The lowest BCUT2D eigenvalue weighted by Gasteiger charge is -2.30. The molecule has 0 radical (unpaired) electrons. The van der Waals surface area contributed by atoms with Crippen molar-refractivity contribution in [2.75, 3.05) is 26.2 Å². The molecule has 0 spiro atoms. The van der Waals surface area contributed by atoms with Crippen molar-refractivity contribution in [1.82, 2.24) is 4.90 Å². The Morgan fingerprint density at radius 1 is 1.32 bits per heavy atom. The van der Waals surface area contributed by atoms with E-state index in [9.17, 15) is 0 Å². The predicted molar refractivity (Wildman–Crippen MR) is 76.6 cm³/mol. The fraction of sp³-hybridized carbons (Fsp3) is 0.571. The SMILES string of the molecule is CC1CCCN(CCOc2ccc(B(O)O)cc2)C1. The molecular weight excluding hydrogens is 241 g/mol. The summed E-state index contributed by atoms with van der Waals surface area (Å²) in [6.45, 7) is 6.26. The molecule has 0 bridgehead atoms. The van der Waals surface area contributed by atoms with Crippen molar-refractivity contribution >= 4 is 12.6 Å². The van der Waals surface area contributed by atoms with Crippen LogP contribution in [0.25, 0.3) is 0 Å². The van der Waals surface area contributed by atoms with Crippen LogP contribution >= 0.6 is 0 Å². The van der Waals surface area contributed by atoms with Gasteiger partial charge in [-0.1, -0.05) is 19.1 Å². The number of hydrogen-bond donors (Lipinski definition) is 2. The molecule has 5 heteroatoms. The number of likely N-dealkylation sites (tertiary alicyclic amines) is 1. The molecule has 1 atom stereocenters. The molecule has 1 aliphatic rings. The van der Waals surface area contributed by atoms with Gasteiger partial charge in [0.2, 0.25) is 0 Å². The summed E-state index contributed by atoms with van der Waals surface area (Å²) in [5.41, 5.74) is 0.484. The number of hydrogen-bond acceptors (Lipinski definition) is 4. The van der Waals surface area contributed by atoms with Crippen LogP contribution in [0.15, 0.2) is 24.3 Å². The maximum absolute atomic E-state index is 8.99. The molecule has 0 aromatic heterocycles. The Hall–Kier alpha value is -1.04. The third-order valence-electron chi connectivity index (χ3n) is 3.60. The van der Waals surface area contributed by atoms with Crippen LogP contribution < -0.4 is 10.2 Å². The van der Waals surface area contributed by atoms with Crippen molar-refractivity contribution in [3.63, 3.8) is 0 Å². The second-order valence-corrected chi connectivity index (χ2v) is 5.34. The number of rotatable bonds is 5. The molecule has 4 nitrogen and oxygen atoms in total. The van der Waals surface area contributed by atoms with E-state index in [2.05, 4.69) is 11.8 Å². The first-order chi connectivity index (χ1) is 9.15. The van der Waals surface area contributed by atoms with Gasteiger partial charge in [0.05, 0.1) is 0 Å². The van der Waals surface area contributed by atoms with Crippen molar-refractivity contribution in [2.24, 2.45) is 5.92 Å². The molecule has 0 saturated carbocycles. The maximum atomic E-state index is 8.99. The monoisotopic (exact) mass is 263 g/mol. The summed E-state index contributed by atoms with van der Waals surface area (Å²) in [4.78, 5) is 2.44. The van der Waals surface area contributed by atoms with Crippen LogP contribution in [0.1, 0.15) is 19.8 Å². The quantitative estimate of drug-likeness (QED) is 0.759. The summed E-state index contributed by atoms with van der Waals surface area (Å²) >= 11 is 0. The van der Waals surface area contributed by atoms with Crippen molar-refractivity contribution in [3.8, 4) is 5.75 Å². The Labute approximate surface area is 115 Å². The molecule has 1 heterocycles. The Kier molecular flexibility index (Phi) is 5.25. The summed E-state index contributed by atoms with van der Waals surface area (Å²) in [6.07, 6.45) is 2.62. The largest absolute Gasteiger partial charge is 0.492 e. The van der Waals surface area contributed by atoms with Gasteiger partial charge >= 0.3 is 7.12 Å². The first-order valence-electron chi connectivity index (χ1n) is 6.96. The van der Waals surface area contributed by atoms with Gasteiger partial charge in [-0.25, -0.2) is 0 Å². The first-order valence-corrected chi connectivity index (χ1v) is 6.96. The van der Waals surface area contributed by atoms with Gasteiger partial charge in [-0.2, -0.15) is 0 Å². The lowest BCUT2D eigenvalue weighted by molar-refractivity contribution is 0.153. The minimum atomic E-state index is -1.41. The second kappa shape index (κ2) is 6.94. The van der Waals surface area contributed by atoms with Gasteiger partial charge in [-0.15, -0.1) is 0 Å². The molecule has 1 fully saturated rings. The zero-order valence-electron chi connectivity index (χ0n) is 11.5. The average molecular weight is 263 g/mol. The van der Waals surface area contributed by atoms with E-state index in [-0.39, 0.29) is 0 Å². The van der Waals surface area contributed by atoms with Gasteiger partial charge in [0.25, 0.3) is 0 Å². The van der Waals surface area contributed by atoms with E-state index in [1.54, 1.807) is 24.3 Å². The Morgan fingerprint density at radius 2 is 2.05 bits per heavy atom. The summed E-state index contributed by atoms with van der Waals surface area (Å²) in [6, 6.07) is 6.88. The van der Waals surface area contributed by atoms with E-state index in [1.165, 1.54) is 25.9 Å². The highest BCUT2D eigenvalue weighted by Crippen LogP contribution is 2.15. The smallest absolute Gasteiger partial charge is 0.488 e. The highest BCUT2D eigenvalue weighted by atomic mass is 16.5. The molecule has 1 saturated heterocycles. The van der Waals surface area contributed by atoms with Crippen molar-refractivity contribution in [2.45, 2.75) is 19.8 Å². The van der Waals surface area contributed by atoms with Gasteiger partial charge < -0.3 is 14.8 Å². The minimum Gasteiger partial charge on any atom is -0.492 e. The van der Waals surface area contributed by atoms with E-state index in [1.807, 2.05) is 0 Å². The van der Waals surface area contributed by atoms with E-state index in [4.69, 9.17) is 14.8 Å². The normalized spacial score (nSPS) is 20.3. The van der Waals surface area contributed by atoms with Crippen LogP contribution in [-0.2, 0) is 0 Å². The molecule has 104 valence electrons. The summed E-state index contributed by atoms with van der Waals surface area (Å²) in [5, 5.41) is 18.0. The summed E-state index contributed by atoms with van der Waals surface area (Å²) < 4.78 is 5.67. The maximum Gasteiger partial charge on any atom is 0.488 e. The molecule has 19 heavy (non-hydrogen) atoms. The standard InChI is InChI=1S/C14H22BNO3/c1-12-3-2-8-16(11-12)9-10-19-14-6-4-13(5-7-14)15(17)18/h4-7,12,17-18H,2-3,8-11H2,1H3. The molecule has 1 unspecified atom stereocenters. The van der Waals surface area contributed by atoms with E-state index < -0.39 is 7.12 Å². The molecular formula is C14H22BNO3. The van der Waals surface area contributed by atoms with E-state index in [0.29, 0.717) is 12.1 Å². The predicted octanol–water partition coefficient (Wildman–Crippen LogP) is 0.477. The number of nitrogens with zero attached hydrogens (tertiary/aromatic N) is 1. The summed E-state index contributed by atoms with van der Waals surface area (Å²) in [7, 11) is -1.41. The fourth-order valence-electron chi connectivity index (χ4n) is 2.52. The number of benzene rings is 1. The number of ether oxygens (including phenoxy) is 1. The van der Waals surface area contributed by atoms with E-state index >= 15 is 0 Å². The molecule has 1 aliphatic heterocycles. The minimum absolute atomic E-state index is 0.484. The highest BCUT2D eigenvalue weighted by molar-refractivity contribution is 6.58. The first kappa shape index (κ1) is 14.4. The van der Waals surface area contributed by atoms with Gasteiger partial charge in [0.1, 0.15) is 12.4 Å². The summed E-state index contributed by atoms with van der Waals surface area (Å²) in [5.74, 6) is 1.56. The molecule has 0 aliphatic carbocycles. The van der Waals surface area contributed by atoms with Gasteiger partial charge in [-0.3, -0.25) is 4.90 Å². The molecule has 2 rings (SSSR count). The average Bonchev–Trinajstić information content (AvgIpc) is 2.39. The zero-order valence-corrected chi connectivity index (χ0v) is 11.5. The van der Waals surface area contributed by atoms with Crippen LogP contribution in [0.4, 0.5) is 0 Å². The van der Waals surface area contributed by atoms with Crippen LogP contribution in [0.3, 0.4) is 0 Å². The lowest BCUT2D eigenvalue weighted by atomic mass is 9.80. The van der Waals surface area contributed by atoms with Crippen molar-refractivity contribution in [3.05, 3.63) is 24.3 Å². The van der Waals surface area contributed by atoms with Gasteiger partial charge in [0, 0.05) is 13.1 Å². The van der Waals surface area contributed by atoms with Crippen LogP contribution in [0.2, 0.25) is 0 Å². The van der Waals surface area contributed by atoms with Gasteiger partial charge in [-0.05, 0) is 42.9 Å². The van der Waals surface area contributed by atoms with Gasteiger partial charge in [0.15, 0.2) is 0 Å². The number of piperidine rings is 1. The Bertz CT molecular complexity index is 383. The van der Waals surface area contributed by atoms with Crippen molar-refractivity contribution in [1.29, 1.82) is 0 Å². The second-order valence-electron chi connectivity index (χ2n) is 5.34.